The molecule has 0 N–H and O–H groups in total. The van der Waals surface area contributed by atoms with Gasteiger partial charge in [0.05, 0.1) is 0 Å². The van der Waals surface area contributed by atoms with Crippen LogP contribution in [0, 0.1) is 11.3 Å². The van der Waals surface area contributed by atoms with Crippen molar-refractivity contribution in [3.8, 4) is 0 Å². The zero-order valence-electron chi connectivity index (χ0n) is 10.3. The molecule has 0 aromatic rings. The molecule has 1 aliphatic heterocycles. The number of hydrogen-bond acceptors (Lipinski definition) is 2. The van der Waals surface area contributed by atoms with Gasteiger partial charge in [-0.2, -0.15) is 22.8 Å². The first-order chi connectivity index (χ1) is 6.97. The molecule has 0 radical (unpaired) electrons. The lowest BCUT2D eigenvalue weighted by Gasteiger charge is -2.40. The van der Waals surface area contributed by atoms with Gasteiger partial charge in [0.15, 0.2) is 0 Å². The predicted octanol–water partition coefficient (Wildman–Crippen LogP) is 3.37. The normalized spacial score (nSPS) is 39.1. The second-order valence-electron chi connectivity index (χ2n) is 6.07. The van der Waals surface area contributed by atoms with Gasteiger partial charge in [-0.15, -0.1) is 0 Å². The lowest BCUT2D eigenvalue weighted by molar-refractivity contribution is 0.307. The number of rotatable bonds is 2. The lowest BCUT2D eigenvalue weighted by atomic mass is 9.85. The summed E-state index contributed by atoms with van der Waals surface area (Å²) >= 11 is 4.52. The van der Waals surface area contributed by atoms with E-state index >= 15 is 0 Å². The van der Waals surface area contributed by atoms with Gasteiger partial charge in [-0.1, -0.05) is 13.3 Å². The van der Waals surface area contributed by atoms with Crippen LogP contribution in [0.3, 0.4) is 0 Å². The number of hydrogen-bond donors (Lipinski definition) is 1. The summed E-state index contributed by atoms with van der Waals surface area (Å²) in [5.74, 6) is 0.971. The monoisotopic (exact) mass is 247 g/mol. The molecule has 2 fully saturated rings. The van der Waals surface area contributed by atoms with Crippen LogP contribution in [0.1, 0.15) is 32.6 Å². The Balaban J connectivity index is 2.00. The molecule has 2 atom stereocenters. The molecule has 0 aromatic heterocycles. The molecule has 0 aromatic carbocycles. The van der Waals surface area contributed by atoms with Crippen LogP contribution in [0.4, 0.5) is 0 Å². The van der Waals surface area contributed by atoms with Crippen molar-refractivity contribution in [3.05, 3.63) is 0 Å². The van der Waals surface area contributed by atoms with E-state index in [1.165, 1.54) is 38.8 Å². The fourth-order valence-electron chi connectivity index (χ4n) is 3.26. The quantitative estimate of drug-likeness (QED) is 0.732. The van der Waals surface area contributed by atoms with Crippen molar-refractivity contribution in [2.24, 2.45) is 11.3 Å². The lowest BCUT2D eigenvalue weighted by Crippen LogP contribution is -2.28. The summed E-state index contributed by atoms with van der Waals surface area (Å²) in [7, 11) is -0.581. The topological polar surface area (TPSA) is 3.24 Å². The molecular formula is C12H25NS2. The van der Waals surface area contributed by atoms with Gasteiger partial charge in [0, 0.05) is 18.2 Å². The molecule has 1 saturated carbocycles. The summed E-state index contributed by atoms with van der Waals surface area (Å²) in [5.41, 5.74) is 0.701. The van der Waals surface area contributed by atoms with E-state index in [9.17, 15) is 0 Å². The van der Waals surface area contributed by atoms with Crippen LogP contribution >= 0.6 is 22.8 Å². The predicted molar refractivity (Wildman–Crippen MR) is 74.9 cm³/mol. The van der Waals surface area contributed by atoms with Gasteiger partial charge in [-0.3, -0.25) is 4.31 Å². The summed E-state index contributed by atoms with van der Waals surface area (Å²) in [6, 6.07) is 0. The van der Waals surface area contributed by atoms with Gasteiger partial charge in [0.1, 0.15) is 0 Å². The SMILES string of the molecule is CC1CCC2(CCN(S(C)(C)CS)C2)C1. The van der Waals surface area contributed by atoms with Gasteiger partial charge in [-0.05, 0) is 43.1 Å². The zero-order chi connectivity index (χ0) is 11.1. The van der Waals surface area contributed by atoms with E-state index in [-0.39, 0.29) is 0 Å². The Morgan fingerprint density at radius 2 is 2.13 bits per heavy atom. The van der Waals surface area contributed by atoms with Crippen molar-refractivity contribution >= 4 is 22.8 Å². The molecule has 3 heteroatoms. The third kappa shape index (κ3) is 2.34. The van der Waals surface area contributed by atoms with Gasteiger partial charge in [-0.25, -0.2) is 0 Å². The van der Waals surface area contributed by atoms with E-state index in [0.29, 0.717) is 5.41 Å². The standard InChI is InChI=1S/C12H25NS2/c1-11-4-5-12(8-11)6-7-13(9-12)15(2,3)10-14/h11,14H,4-10H2,1-3H3. The van der Waals surface area contributed by atoms with E-state index in [4.69, 9.17) is 0 Å². The third-order valence-electron chi connectivity index (χ3n) is 4.37. The first-order valence-corrected chi connectivity index (χ1v) is 9.25. The van der Waals surface area contributed by atoms with Crippen LogP contribution in [0.2, 0.25) is 0 Å². The van der Waals surface area contributed by atoms with Gasteiger partial charge >= 0.3 is 0 Å². The van der Waals surface area contributed by atoms with E-state index in [1.54, 1.807) is 0 Å². The fraction of sp³-hybridized carbons (Fsp3) is 1.00. The first-order valence-electron chi connectivity index (χ1n) is 6.04. The van der Waals surface area contributed by atoms with Gasteiger partial charge < -0.3 is 0 Å². The Morgan fingerprint density at radius 1 is 1.40 bits per heavy atom. The second-order valence-corrected chi connectivity index (χ2v) is 10.6. The second kappa shape index (κ2) is 4.15. The maximum absolute atomic E-state index is 4.52. The number of nitrogens with zero attached hydrogens (tertiary/aromatic N) is 1. The minimum Gasteiger partial charge on any atom is -0.267 e. The smallest absolute Gasteiger partial charge is 0.0316 e. The number of thiol groups is 1. The van der Waals surface area contributed by atoms with Gasteiger partial charge in [0.2, 0.25) is 0 Å². The minimum atomic E-state index is -0.581. The average molecular weight is 247 g/mol. The molecule has 15 heavy (non-hydrogen) atoms. The van der Waals surface area contributed by atoms with E-state index in [2.05, 4.69) is 36.4 Å². The Kier molecular flexibility index (Phi) is 3.36. The Morgan fingerprint density at radius 3 is 2.67 bits per heavy atom. The van der Waals surface area contributed by atoms with Crippen molar-refractivity contribution < 1.29 is 0 Å². The summed E-state index contributed by atoms with van der Waals surface area (Å²) in [5, 5.41) is 1.05. The summed E-state index contributed by atoms with van der Waals surface area (Å²) in [4.78, 5) is 0. The Bertz CT molecular complexity index is 242. The van der Waals surface area contributed by atoms with Crippen LogP contribution in [-0.4, -0.2) is 35.0 Å². The summed E-state index contributed by atoms with van der Waals surface area (Å²) in [6.07, 6.45) is 10.7. The van der Waals surface area contributed by atoms with E-state index in [1.807, 2.05) is 0 Å². The highest BCUT2D eigenvalue weighted by atomic mass is 32.3. The molecule has 1 heterocycles. The van der Waals surface area contributed by atoms with Crippen molar-refractivity contribution in [2.45, 2.75) is 32.6 Å². The van der Waals surface area contributed by atoms with Crippen molar-refractivity contribution in [1.29, 1.82) is 0 Å². The molecule has 2 rings (SSSR count). The van der Waals surface area contributed by atoms with Crippen molar-refractivity contribution in [1.82, 2.24) is 4.31 Å². The highest BCUT2D eigenvalue weighted by Crippen LogP contribution is 2.55. The molecule has 2 unspecified atom stereocenters. The zero-order valence-corrected chi connectivity index (χ0v) is 12.0. The molecule has 1 aliphatic carbocycles. The molecule has 90 valence electrons. The fourth-order valence-corrected chi connectivity index (χ4v) is 5.13. The van der Waals surface area contributed by atoms with Crippen molar-refractivity contribution in [3.63, 3.8) is 0 Å². The molecule has 0 bridgehead atoms. The minimum absolute atomic E-state index is 0.581. The van der Waals surface area contributed by atoms with Crippen molar-refractivity contribution in [2.75, 3.05) is 30.7 Å². The molecule has 1 spiro atoms. The Labute approximate surface area is 102 Å². The van der Waals surface area contributed by atoms with E-state index in [0.717, 1.165) is 11.0 Å². The highest BCUT2D eigenvalue weighted by Gasteiger charge is 2.44. The highest BCUT2D eigenvalue weighted by molar-refractivity contribution is 8.35. The molecule has 1 nitrogen and oxygen atoms in total. The van der Waals surface area contributed by atoms with Gasteiger partial charge in [0.25, 0.3) is 0 Å². The van der Waals surface area contributed by atoms with Crippen LogP contribution in [0.5, 0.6) is 0 Å². The summed E-state index contributed by atoms with van der Waals surface area (Å²) < 4.78 is 2.75. The van der Waals surface area contributed by atoms with E-state index < -0.39 is 10.2 Å². The molecule has 0 amide bonds. The van der Waals surface area contributed by atoms with Crippen LogP contribution < -0.4 is 0 Å². The van der Waals surface area contributed by atoms with Crippen LogP contribution in [0.25, 0.3) is 0 Å². The average Bonchev–Trinajstić information content (AvgIpc) is 2.75. The maximum atomic E-state index is 4.52. The third-order valence-corrected chi connectivity index (χ3v) is 8.60. The summed E-state index contributed by atoms with van der Waals surface area (Å²) in [6.45, 7) is 5.11. The van der Waals surface area contributed by atoms with Crippen LogP contribution in [-0.2, 0) is 0 Å². The Hall–Kier alpha value is 0.660. The largest absolute Gasteiger partial charge is 0.267 e. The molecular weight excluding hydrogens is 222 g/mol. The molecule has 1 saturated heterocycles. The van der Waals surface area contributed by atoms with Crippen LogP contribution in [0.15, 0.2) is 0 Å². The molecule has 2 aliphatic rings. The first kappa shape index (κ1) is 12.1. The maximum Gasteiger partial charge on any atom is 0.0316 e.